The molecule has 0 aromatic heterocycles. The van der Waals surface area contributed by atoms with Gasteiger partial charge in [0.1, 0.15) is 0 Å². The Morgan fingerprint density at radius 2 is 1.86 bits per heavy atom. The number of primary amides is 1. The Labute approximate surface area is 133 Å². The van der Waals surface area contributed by atoms with Gasteiger partial charge in [-0.1, -0.05) is 25.5 Å². The molecule has 1 aliphatic carbocycles. The quantitative estimate of drug-likeness (QED) is 0.752. The van der Waals surface area contributed by atoms with Crippen LogP contribution >= 0.6 is 0 Å². The zero-order chi connectivity index (χ0) is 16.5. The number of likely N-dealkylation sites (tertiary alicyclic amines) is 1. The number of nitrogens with one attached hydrogen (secondary N) is 1. The smallest absolute Gasteiger partial charge is 0.231 e. The van der Waals surface area contributed by atoms with Crippen LogP contribution in [0.4, 0.5) is 0 Å². The second kappa shape index (κ2) is 6.41. The molecule has 1 aliphatic heterocycles. The summed E-state index contributed by atoms with van der Waals surface area (Å²) < 4.78 is 0. The lowest BCUT2D eigenvalue weighted by Crippen LogP contribution is -2.47. The van der Waals surface area contributed by atoms with Crippen molar-refractivity contribution in [2.24, 2.45) is 23.0 Å². The zero-order valence-electron chi connectivity index (χ0n) is 14.2. The Kier molecular flexibility index (Phi) is 4.95. The summed E-state index contributed by atoms with van der Waals surface area (Å²) in [5.74, 6) is 0.339. The van der Waals surface area contributed by atoms with E-state index in [4.69, 9.17) is 5.73 Å². The van der Waals surface area contributed by atoms with Crippen molar-refractivity contribution in [1.82, 2.24) is 10.2 Å². The van der Waals surface area contributed by atoms with Crippen molar-refractivity contribution in [3.8, 4) is 0 Å². The van der Waals surface area contributed by atoms with E-state index in [9.17, 15) is 9.59 Å². The Hall–Kier alpha value is -1.36. The minimum atomic E-state index is -0.285. The molecular formula is C17H29N3O2. The van der Waals surface area contributed by atoms with Crippen molar-refractivity contribution in [2.75, 3.05) is 19.6 Å². The summed E-state index contributed by atoms with van der Waals surface area (Å²) in [6.07, 6.45) is 4.00. The molecule has 2 amide bonds. The molecule has 22 heavy (non-hydrogen) atoms. The summed E-state index contributed by atoms with van der Waals surface area (Å²) in [6, 6.07) is 0.223. The predicted molar refractivity (Wildman–Crippen MR) is 87.0 cm³/mol. The second-order valence-corrected chi connectivity index (χ2v) is 7.59. The van der Waals surface area contributed by atoms with Gasteiger partial charge in [-0.05, 0) is 38.0 Å². The van der Waals surface area contributed by atoms with Gasteiger partial charge in [0.05, 0.1) is 12.5 Å². The molecule has 124 valence electrons. The predicted octanol–water partition coefficient (Wildman–Crippen LogP) is 1.29. The molecule has 1 heterocycles. The van der Waals surface area contributed by atoms with E-state index >= 15 is 0 Å². The van der Waals surface area contributed by atoms with E-state index in [0.717, 1.165) is 25.9 Å². The van der Waals surface area contributed by atoms with Gasteiger partial charge in [0.2, 0.25) is 11.8 Å². The van der Waals surface area contributed by atoms with Crippen LogP contribution in [0.15, 0.2) is 11.6 Å². The third kappa shape index (κ3) is 3.88. The van der Waals surface area contributed by atoms with Crippen LogP contribution in [0.2, 0.25) is 0 Å². The third-order valence-electron chi connectivity index (χ3n) is 5.02. The Morgan fingerprint density at radius 1 is 1.27 bits per heavy atom. The van der Waals surface area contributed by atoms with Gasteiger partial charge >= 0.3 is 0 Å². The highest BCUT2D eigenvalue weighted by atomic mass is 16.2. The summed E-state index contributed by atoms with van der Waals surface area (Å²) >= 11 is 0. The highest BCUT2D eigenvalue weighted by Crippen LogP contribution is 2.59. The second-order valence-electron chi connectivity index (χ2n) is 7.59. The number of piperidine rings is 1. The molecule has 1 saturated heterocycles. The maximum atomic E-state index is 12.5. The summed E-state index contributed by atoms with van der Waals surface area (Å²) in [4.78, 5) is 25.5. The van der Waals surface area contributed by atoms with Crippen LogP contribution in [-0.4, -0.2) is 42.4 Å². The van der Waals surface area contributed by atoms with Crippen molar-refractivity contribution in [1.29, 1.82) is 0 Å². The molecule has 5 nitrogen and oxygen atoms in total. The maximum Gasteiger partial charge on any atom is 0.231 e. The van der Waals surface area contributed by atoms with Crippen molar-refractivity contribution in [2.45, 2.75) is 46.6 Å². The van der Waals surface area contributed by atoms with Gasteiger partial charge in [-0.3, -0.25) is 14.5 Å². The first-order valence-corrected chi connectivity index (χ1v) is 8.18. The van der Waals surface area contributed by atoms with Crippen LogP contribution in [0.3, 0.4) is 0 Å². The van der Waals surface area contributed by atoms with E-state index in [-0.39, 0.29) is 29.2 Å². The highest BCUT2D eigenvalue weighted by Gasteiger charge is 2.60. The van der Waals surface area contributed by atoms with Crippen LogP contribution in [0.5, 0.6) is 0 Å². The Balaban J connectivity index is 1.82. The van der Waals surface area contributed by atoms with Crippen molar-refractivity contribution in [3.63, 3.8) is 0 Å². The topological polar surface area (TPSA) is 75.4 Å². The molecule has 2 rings (SSSR count). The zero-order valence-corrected chi connectivity index (χ0v) is 14.2. The van der Waals surface area contributed by atoms with E-state index < -0.39 is 0 Å². The average molecular weight is 307 g/mol. The number of amides is 2. The molecule has 2 atom stereocenters. The lowest BCUT2D eigenvalue weighted by molar-refractivity contribution is -0.124. The molecule has 0 unspecified atom stereocenters. The number of rotatable bonds is 5. The summed E-state index contributed by atoms with van der Waals surface area (Å²) in [6.45, 7) is 10.4. The number of allylic oxidation sites excluding steroid dienone is 2. The molecule has 0 spiro atoms. The van der Waals surface area contributed by atoms with Crippen LogP contribution < -0.4 is 11.1 Å². The largest absolute Gasteiger partial charge is 0.369 e. The molecule has 0 aromatic carbocycles. The molecule has 1 saturated carbocycles. The van der Waals surface area contributed by atoms with Gasteiger partial charge in [0.25, 0.3) is 0 Å². The highest BCUT2D eigenvalue weighted by molar-refractivity contribution is 5.84. The van der Waals surface area contributed by atoms with Crippen LogP contribution in [-0.2, 0) is 9.59 Å². The maximum absolute atomic E-state index is 12.5. The molecule has 2 aliphatic rings. The summed E-state index contributed by atoms with van der Waals surface area (Å²) in [5, 5.41) is 3.20. The summed E-state index contributed by atoms with van der Waals surface area (Å²) in [5.41, 5.74) is 6.55. The van der Waals surface area contributed by atoms with E-state index in [1.807, 2.05) is 0 Å². The first-order chi connectivity index (χ1) is 10.2. The molecule has 0 aromatic rings. The fraction of sp³-hybridized carbons (Fsp3) is 0.765. The molecule has 5 heteroatoms. The Morgan fingerprint density at radius 3 is 2.36 bits per heavy atom. The first kappa shape index (κ1) is 17.0. The minimum absolute atomic E-state index is 0.0635. The SMILES string of the molecule is CC(C)=C[C@@H]1[C@H](C(=O)NC2CCN(CC(N)=O)CC2)C1(C)C. The van der Waals surface area contributed by atoms with E-state index in [0.29, 0.717) is 12.5 Å². The molecule has 3 N–H and O–H groups in total. The fourth-order valence-corrected chi connectivity index (χ4v) is 3.60. The van der Waals surface area contributed by atoms with Gasteiger partial charge in [0, 0.05) is 19.1 Å². The fourth-order valence-electron chi connectivity index (χ4n) is 3.60. The van der Waals surface area contributed by atoms with Crippen LogP contribution in [0, 0.1) is 17.3 Å². The molecule has 0 bridgehead atoms. The van der Waals surface area contributed by atoms with Crippen molar-refractivity contribution < 1.29 is 9.59 Å². The lowest BCUT2D eigenvalue weighted by Gasteiger charge is -2.31. The van der Waals surface area contributed by atoms with Crippen LogP contribution in [0.25, 0.3) is 0 Å². The normalized spacial score (nSPS) is 28.0. The molecular weight excluding hydrogens is 278 g/mol. The minimum Gasteiger partial charge on any atom is -0.369 e. The number of hydrogen-bond acceptors (Lipinski definition) is 3. The van der Waals surface area contributed by atoms with Gasteiger partial charge < -0.3 is 11.1 Å². The van der Waals surface area contributed by atoms with E-state index in [2.05, 4.69) is 44.0 Å². The number of carbonyl (C=O) groups excluding carboxylic acids is 2. The van der Waals surface area contributed by atoms with Gasteiger partial charge in [-0.15, -0.1) is 0 Å². The number of hydrogen-bond donors (Lipinski definition) is 2. The van der Waals surface area contributed by atoms with E-state index in [1.165, 1.54) is 5.57 Å². The number of nitrogens with zero attached hydrogens (tertiary/aromatic N) is 1. The van der Waals surface area contributed by atoms with Crippen molar-refractivity contribution >= 4 is 11.8 Å². The number of carbonyl (C=O) groups is 2. The molecule has 0 radical (unpaired) electrons. The van der Waals surface area contributed by atoms with Gasteiger partial charge in [-0.25, -0.2) is 0 Å². The van der Waals surface area contributed by atoms with Gasteiger partial charge in [0.15, 0.2) is 0 Å². The van der Waals surface area contributed by atoms with E-state index in [1.54, 1.807) is 0 Å². The lowest BCUT2D eigenvalue weighted by atomic mass is 10.0. The standard InChI is InChI=1S/C17H29N3O2/c1-11(2)9-13-15(17(13,3)4)16(22)19-12-5-7-20(8-6-12)10-14(18)21/h9,12-13,15H,5-8,10H2,1-4H3,(H2,18,21)(H,19,22)/t13-,15-/m1/s1. The number of nitrogens with two attached hydrogens (primary N) is 1. The first-order valence-electron chi connectivity index (χ1n) is 8.18. The Bertz CT molecular complexity index is 472. The van der Waals surface area contributed by atoms with Gasteiger partial charge in [-0.2, -0.15) is 0 Å². The van der Waals surface area contributed by atoms with Crippen LogP contribution in [0.1, 0.15) is 40.5 Å². The molecule has 2 fully saturated rings. The summed E-state index contributed by atoms with van der Waals surface area (Å²) in [7, 11) is 0. The van der Waals surface area contributed by atoms with Crippen molar-refractivity contribution in [3.05, 3.63) is 11.6 Å². The third-order valence-corrected chi connectivity index (χ3v) is 5.02. The average Bonchev–Trinajstić information content (AvgIpc) is 2.91. The monoisotopic (exact) mass is 307 g/mol.